The van der Waals surface area contributed by atoms with Crippen molar-refractivity contribution < 1.29 is 22.8 Å². The Labute approximate surface area is 166 Å². The van der Waals surface area contributed by atoms with Gasteiger partial charge in [0.15, 0.2) is 0 Å². The van der Waals surface area contributed by atoms with Crippen molar-refractivity contribution in [1.82, 2.24) is 9.62 Å². The third-order valence-corrected chi connectivity index (χ3v) is 6.32. The number of carbonyl (C=O) groups is 1. The number of nitrogens with one attached hydrogen (secondary N) is 2. The highest BCUT2D eigenvalue weighted by atomic mass is 32.2. The second-order valence-corrected chi connectivity index (χ2v) is 8.72. The monoisotopic (exact) mass is 404 g/mol. The standard InChI is InChI=1S/C20H25N3O4S/c1-22-10-12-23(13-11-22)20(24)17-8-6-16(7-9-17)15-21-28(25,26)19-5-3-4-18(14-19)27-2/h3-9,14,21H,10-13,15H2,1-2H3/p+1. The molecular formula is C20H26N3O4S+. The molecule has 2 N–H and O–H groups in total. The van der Waals surface area contributed by atoms with E-state index in [-0.39, 0.29) is 17.3 Å². The van der Waals surface area contributed by atoms with Crippen molar-refractivity contribution in [2.45, 2.75) is 11.4 Å². The van der Waals surface area contributed by atoms with Gasteiger partial charge >= 0.3 is 0 Å². The molecule has 28 heavy (non-hydrogen) atoms. The SMILES string of the molecule is COc1cccc(S(=O)(=O)NCc2ccc(C(=O)N3CC[NH+](C)CC3)cc2)c1. The lowest BCUT2D eigenvalue weighted by Crippen LogP contribution is -3.12. The van der Waals surface area contributed by atoms with Crippen LogP contribution < -0.4 is 14.4 Å². The summed E-state index contributed by atoms with van der Waals surface area (Å²) in [5, 5.41) is 0. The number of benzene rings is 2. The van der Waals surface area contributed by atoms with Crippen LogP contribution in [0.3, 0.4) is 0 Å². The molecule has 0 radical (unpaired) electrons. The first-order valence-electron chi connectivity index (χ1n) is 9.22. The number of amides is 1. The fourth-order valence-electron chi connectivity index (χ4n) is 3.07. The van der Waals surface area contributed by atoms with Gasteiger partial charge in [-0.05, 0) is 29.8 Å². The van der Waals surface area contributed by atoms with E-state index in [0.717, 1.165) is 31.7 Å². The smallest absolute Gasteiger partial charge is 0.254 e. The van der Waals surface area contributed by atoms with Crippen LogP contribution in [0.4, 0.5) is 0 Å². The largest absolute Gasteiger partial charge is 0.497 e. The molecule has 0 aliphatic carbocycles. The fourth-order valence-corrected chi connectivity index (χ4v) is 4.12. The molecule has 0 bridgehead atoms. The van der Waals surface area contributed by atoms with E-state index in [2.05, 4.69) is 11.8 Å². The minimum atomic E-state index is -3.65. The van der Waals surface area contributed by atoms with Crippen LogP contribution in [0.5, 0.6) is 5.75 Å². The summed E-state index contributed by atoms with van der Waals surface area (Å²) in [5.74, 6) is 0.507. The average molecular weight is 405 g/mol. The van der Waals surface area contributed by atoms with Crippen LogP contribution in [0.15, 0.2) is 53.4 Å². The van der Waals surface area contributed by atoms with Crippen LogP contribution in [0.2, 0.25) is 0 Å². The number of nitrogens with zero attached hydrogens (tertiary/aromatic N) is 1. The molecule has 1 aliphatic rings. The van der Waals surface area contributed by atoms with Gasteiger partial charge < -0.3 is 14.5 Å². The van der Waals surface area contributed by atoms with E-state index in [0.29, 0.717) is 11.3 Å². The molecule has 0 aromatic heterocycles. The molecule has 1 aliphatic heterocycles. The van der Waals surface area contributed by atoms with E-state index in [1.54, 1.807) is 36.4 Å². The molecule has 0 atom stereocenters. The maximum absolute atomic E-state index is 12.6. The molecule has 2 aromatic rings. The average Bonchev–Trinajstić information content (AvgIpc) is 2.73. The van der Waals surface area contributed by atoms with Crippen LogP contribution in [0, 0.1) is 0 Å². The zero-order valence-corrected chi connectivity index (χ0v) is 17.0. The van der Waals surface area contributed by atoms with Gasteiger partial charge in [0.05, 0.1) is 45.2 Å². The molecule has 7 nitrogen and oxygen atoms in total. The predicted octanol–water partition coefficient (Wildman–Crippen LogP) is 0.144. The van der Waals surface area contributed by atoms with Gasteiger partial charge in [0.25, 0.3) is 5.91 Å². The number of ether oxygens (including phenoxy) is 1. The summed E-state index contributed by atoms with van der Waals surface area (Å²) in [7, 11) is -0.0278. The second kappa shape index (κ2) is 8.72. The molecule has 1 fully saturated rings. The maximum Gasteiger partial charge on any atom is 0.254 e. The van der Waals surface area contributed by atoms with Crippen LogP contribution in [-0.2, 0) is 16.6 Å². The van der Waals surface area contributed by atoms with E-state index < -0.39 is 10.0 Å². The van der Waals surface area contributed by atoms with Gasteiger partial charge in [-0.15, -0.1) is 0 Å². The van der Waals surface area contributed by atoms with Gasteiger partial charge in [-0.2, -0.15) is 0 Å². The molecule has 8 heteroatoms. The molecule has 3 rings (SSSR count). The molecule has 0 saturated carbocycles. The molecule has 150 valence electrons. The molecule has 1 saturated heterocycles. The van der Waals surface area contributed by atoms with Gasteiger partial charge in [-0.1, -0.05) is 18.2 Å². The predicted molar refractivity (Wildman–Crippen MR) is 106 cm³/mol. The Kier molecular flexibility index (Phi) is 6.33. The Balaban J connectivity index is 1.61. The van der Waals surface area contributed by atoms with Crippen molar-refractivity contribution in [3.05, 3.63) is 59.7 Å². The lowest BCUT2D eigenvalue weighted by molar-refractivity contribution is -0.883. The number of carbonyl (C=O) groups excluding carboxylic acids is 1. The van der Waals surface area contributed by atoms with Crippen LogP contribution >= 0.6 is 0 Å². The van der Waals surface area contributed by atoms with E-state index >= 15 is 0 Å². The maximum atomic E-state index is 12.6. The Morgan fingerprint density at radius 3 is 2.46 bits per heavy atom. The zero-order chi connectivity index (χ0) is 20.1. The number of rotatable bonds is 6. The summed E-state index contributed by atoms with van der Waals surface area (Å²) >= 11 is 0. The van der Waals surface area contributed by atoms with Crippen molar-refractivity contribution in [2.24, 2.45) is 0 Å². The van der Waals surface area contributed by atoms with Crippen molar-refractivity contribution in [1.29, 1.82) is 0 Å². The normalized spacial score (nSPS) is 15.4. The summed E-state index contributed by atoms with van der Waals surface area (Å²) in [6, 6.07) is 13.4. The van der Waals surface area contributed by atoms with Crippen molar-refractivity contribution in [2.75, 3.05) is 40.3 Å². The van der Waals surface area contributed by atoms with E-state index in [1.165, 1.54) is 24.1 Å². The van der Waals surface area contributed by atoms with Crippen LogP contribution in [-0.4, -0.2) is 59.6 Å². The molecule has 1 amide bonds. The van der Waals surface area contributed by atoms with Gasteiger partial charge in [-0.3, -0.25) is 4.79 Å². The Bertz CT molecular complexity index is 921. The van der Waals surface area contributed by atoms with Gasteiger partial charge in [-0.25, -0.2) is 13.1 Å². The third kappa shape index (κ3) is 4.89. The first-order valence-corrected chi connectivity index (χ1v) is 10.7. The van der Waals surface area contributed by atoms with Gasteiger partial charge in [0.2, 0.25) is 10.0 Å². The van der Waals surface area contributed by atoms with Gasteiger partial charge in [0, 0.05) is 18.2 Å². The number of likely N-dealkylation sites (N-methyl/N-ethyl adjacent to an activating group) is 1. The lowest BCUT2D eigenvalue weighted by Gasteiger charge is -2.30. The first-order chi connectivity index (χ1) is 13.4. The van der Waals surface area contributed by atoms with Crippen molar-refractivity contribution in [3.63, 3.8) is 0 Å². The summed E-state index contributed by atoms with van der Waals surface area (Å²) < 4.78 is 32.6. The molecule has 0 spiro atoms. The number of hydrogen-bond donors (Lipinski definition) is 2. The Hall–Kier alpha value is -2.42. The molecule has 1 heterocycles. The highest BCUT2D eigenvalue weighted by molar-refractivity contribution is 7.89. The van der Waals surface area contributed by atoms with Crippen molar-refractivity contribution in [3.8, 4) is 5.75 Å². The quantitative estimate of drug-likeness (QED) is 0.718. The van der Waals surface area contributed by atoms with Crippen LogP contribution in [0.1, 0.15) is 15.9 Å². The number of piperazine rings is 1. The van der Waals surface area contributed by atoms with Crippen molar-refractivity contribution >= 4 is 15.9 Å². The highest BCUT2D eigenvalue weighted by Gasteiger charge is 2.22. The molecule has 2 aromatic carbocycles. The number of hydrogen-bond acceptors (Lipinski definition) is 4. The second-order valence-electron chi connectivity index (χ2n) is 6.95. The first kappa shape index (κ1) is 20.3. The molecular weight excluding hydrogens is 378 g/mol. The van der Waals surface area contributed by atoms with Crippen LogP contribution in [0.25, 0.3) is 0 Å². The fraction of sp³-hybridized carbons (Fsp3) is 0.350. The van der Waals surface area contributed by atoms with E-state index in [4.69, 9.17) is 4.74 Å². The highest BCUT2D eigenvalue weighted by Crippen LogP contribution is 2.17. The zero-order valence-electron chi connectivity index (χ0n) is 16.1. The summed E-state index contributed by atoms with van der Waals surface area (Å²) in [5.41, 5.74) is 1.41. The Morgan fingerprint density at radius 2 is 1.82 bits per heavy atom. The minimum absolute atomic E-state index is 0.0241. The van der Waals surface area contributed by atoms with Gasteiger partial charge in [0.1, 0.15) is 5.75 Å². The summed E-state index contributed by atoms with van der Waals surface area (Å²) in [4.78, 5) is 16.0. The number of sulfonamides is 1. The topological polar surface area (TPSA) is 80.1 Å². The summed E-state index contributed by atoms with van der Waals surface area (Å²) in [6.07, 6.45) is 0. The van der Waals surface area contributed by atoms with E-state index in [1.807, 2.05) is 4.90 Å². The summed E-state index contributed by atoms with van der Waals surface area (Å²) in [6.45, 7) is 3.57. The number of quaternary nitrogens is 1. The lowest BCUT2D eigenvalue weighted by atomic mass is 10.1. The van der Waals surface area contributed by atoms with E-state index in [9.17, 15) is 13.2 Å². The molecule has 0 unspecified atom stereocenters. The minimum Gasteiger partial charge on any atom is -0.497 e. The number of methoxy groups -OCH3 is 1. The Morgan fingerprint density at radius 1 is 1.14 bits per heavy atom. The third-order valence-electron chi connectivity index (χ3n) is 4.92.